The third-order valence-corrected chi connectivity index (χ3v) is 10.1. The molecule has 0 saturated carbocycles. The molecule has 4 nitrogen and oxygen atoms in total. The van der Waals surface area contributed by atoms with Crippen LogP contribution in [-0.2, 0) is 0 Å². The van der Waals surface area contributed by atoms with Crippen molar-refractivity contribution in [3.05, 3.63) is 133 Å². The average Bonchev–Trinajstić information content (AvgIpc) is 3.68. The molecule has 0 aliphatic rings. The summed E-state index contributed by atoms with van der Waals surface area (Å²) in [5.41, 5.74) is 5.10. The summed E-state index contributed by atoms with van der Waals surface area (Å²) in [5.74, 6) is 2.00. The number of rotatable bonds is 4. The van der Waals surface area contributed by atoms with E-state index in [2.05, 4.69) is 72.8 Å². The van der Waals surface area contributed by atoms with E-state index in [4.69, 9.17) is 19.9 Å². The first-order chi connectivity index (χ1) is 21.8. The van der Waals surface area contributed by atoms with E-state index in [9.17, 15) is 0 Å². The van der Waals surface area contributed by atoms with Gasteiger partial charge in [-0.25, -0.2) is 19.9 Å². The highest BCUT2D eigenvalue weighted by Gasteiger charge is 2.18. The van der Waals surface area contributed by atoms with Crippen LogP contribution in [0.5, 0.6) is 0 Å². The summed E-state index contributed by atoms with van der Waals surface area (Å²) in [4.78, 5) is 20.0. The number of thiazole rings is 1. The van der Waals surface area contributed by atoms with Gasteiger partial charge in [0.1, 0.15) is 5.01 Å². The average molecular weight is 599 g/mol. The van der Waals surface area contributed by atoms with Gasteiger partial charge in [0.2, 0.25) is 0 Å². The molecule has 0 aliphatic carbocycles. The van der Waals surface area contributed by atoms with E-state index < -0.39 is 0 Å². The van der Waals surface area contributed by atoms with Crippen LogP contribution in [0.3, 0.4) is 0 Å². The van der Waals surface area contributed by atoms with Gasteiger partial charge in [-0.2, -0.15) is 0 Å². The zero-order valence-corrected chi connectivity index (χ0v) is 24.9. The highest BCUT2D eigenvalue weighted by molar-refractivity contribution is 7.26. The monoisotopic (exact) mass is 598 g/mol. The van der Waals surface area contributed by atoms with Crippen molar-refractivity contribution in [1.82, 2.24) is 19.9 Å². The van der Waals surface area contributed by atoms with E-state index >= 15 is 0 Å². The lowest BCUT2D eigenvalue weighted by atomic mass is 10.1. The van der Waals surface area contributed by atoms with Crippen LogP contribution in [0.15, 0.2) is 133 Å². The lowest BCUT2D eigenvalue weighted by molar-refractivity contribution is 1.08. The van der Waals surface area contributed by atoms with E-state index in [1.54, 1.807) is 22.7 Å². The first-order valence-electron chi connectivity index (χ1n) is 14.4. The van der Waals surface area contributed by atoms with Crippen molar-refractivity contribution < 1.29 is 0 Å². The Balaban J connectivity index is 1.24. The SMILES string of the molecule is c1ccc(-c2nc(-c3ccccc3)nc(-c3cccc4sc5cc6nc(-c7ccc8ccccc8c7)sc6cc5c34)n2)cc1. The highest BCUT2D eigenvalue weighted by atomic mass is 32.1. The fraction of sp³-hybridized carbons (Fsp3) is 0. The molecule has 0 N–H and O–H groups in total. The van der Waals surface area contributed by atoms with E-state index in [1.807, 2.05) is 60.7 Å². The smallest absolute Gasteiger partial charge is 0.164 e. The summed E-state index contributed by atoms with van der Waals surface area (Å²) < 4.78 is 3.57. The molecular formula is C38H22N4S2. The lowest BCUT2D eigenvalue weighted by Crippen LogP contribution is -2.00. The minimum Gasteiger partial charge on any atom is -0.236 e. The van der Waals surface area contributed by atoms with Gasteiger partial charge in [0.05, 0.1) is 10.2 Å². The summed E-state index contributed by atoms with van der Waals surface area (Å²) in [6, 6.07) is 46.2. The summed E-state index contributed by atoms with van der Waals surface area (Å²) in [5, 5.41) is 5.86. The van der Waals surface area contributed by atoms with E-state index in [0.717, 1.165) is 32.8 Å². The number of benzene rings is 6. The van der Waals surface area contributed by atoms with Gasteiger partial charge in [0.15, 0.2) is 17.5 Å². The van der Waals surface area contributed by atoms with Gasteiger partial charge in [-0.05, 0) is 35.0 Å². The van der Waals surface area contributed by atoms with Crippen LogP contribution in [0.1, 0.15) is 0 Å². The first-order valence-corrected chi connectivity index (χ1v) is 16.0. The van der Waals surface area contributed by atoms with Crippen molar-refractivity contribution in [2.45, 2.75) is 0 Å². The predicted octanol–water partition coefficient (Wildman–Crippen LogP) is 10.7. The molecule has 0 bridgehead atoms. The third-order valence-electron chi connectivity index (χ3n) is 7.94. The summed E-state index contributed by atoms with van der Waals surface area (Å²) in [7, 11) is 0. The zero-order chi connectivity index (χ0) is 29.0. The van der Waals surface area contributed by atoms with Gasteiger partial charge < -0.3 is 0 Å². The molecule has 0 spiro atoms. The number of fused-ring (bicyclic) bond motifs is 5. The van der Waals surface area contributed by atoms with Crippen LogP contribution >= 0.6 is 22.7 Å². The normalized spacial score (nSPS) is 11.6. The number of thiophene rings is 1. The van der Waals surface area contributed by atoms with Gasteiger partial charge in [-0.15, -0.1) is 22.7 Å². The Morgan fingerprint density at radius 3 is 1.84 bits per heavy atom. The van der Waals surface area contributed by atoms with Crippen molar-refractivity contribution in [1.29, 1.82) is 0 Å². The molecule has 206 valence electrons. The van der Waals surface area contributed by atoms with Crippen LogP contribution < -0.4 is 0 Å². The Morgan fingerprint density at radius 2 is 1.09 bits per heavy atom. The minimum atomic E-state index is 0.663. The molecule has 44 heavy (non-hydrogen) atoms. The topological polar surface area (TPSA) is 51.6 Å². The Labute approximate surface area is 261 Å². The maximum atomic E-state index is 5.07. The van der Waals surface area contributed by atoms with Crippen molar-refractivity contribution in [2.75, 3.05) is 0 Å². The molecule has 0 aliphatic heterocycles. The fourth-order valence-corrected chi connectivity index (χ4v) is 7.94. The molecule has 9 rings (SSSR count). The van der Waals surface area contributed by atoms with Crippen molar-refractivity contribution in [3.63, 3.8) is 0 Å². The largest absolute Gasteiger partial charge is 0.236 e. The molecule has 0 amide bonds. The molecule has 9 aromatic rings. The molecule has 0 atom stereocenters. The standard InChI is InChI=1S/C38H22N4S2/c1-3-11-24(12-4-1)35-40-36(25-13-5-2-6-14-25)42-37(41-35)28-16-9-17-31-34(28)29-21-33-30(22-32(29)43-31)39-38(44-33)27-19-18-23-10-7-8-15-26(23)20-27/h1-22H. The summed E-state index contributed by atoms with van der Waals surface area (Å²) in [6.07, 6.45) is 0. The van der Waals surface area contributed by atoms with Gasteiger partial charge in [0, 0.05) is 42.4 Å². The van der Waals surface area contributed by atoms with Gasteiger partial charge in [0.25, 0.3) is 0 Å². The predicted molar refractivity (Wildman–Crippen MR) is 185 cm³/mol. The van der Waals surface area contributed by atoms with E-state index in [0.29, 0.717) is 17.5 Å². The molecule has 0 fully saturated rings. The van der Waals surface area contributed by atoms with Crippen LogP contribution in [0, 0.1) is 0 Å². The van der Waals surface area contributed by atoms with Crippen molar-refractivity contribution in [2.24, 2.45) is 0 Å². The second-order valence-corrected chi connectivity index (χ2v) is 12.8. The molecule has 6 aromatic carbocycles. The number of aromatic nitrogens is 4. The van der Waals surface area contributed by atoms with E-state index in [-0.39, 0.29) is 0 Å². The molecule has 3 heterocycles. The maximum absolute atomic E-state index is 5.07. The maximum Gasteiger partial charge on any atom is 0.164 e. The van der Waals surface area contributed by atoms with Crippen LogP contribution in [-0.4, -0.2) is 19.9 Å². The molecule has 6 heteroatoms. The Morgan fingerprint density at radius 1 is 0.409 bits per heavy atom. The second-order valence-electron chi connectivity index (χ2n) is 10.7. The molecule has 0 saturated heterocycles. The molecule has 3 aromatic heterocycles. The van der Waals surface area contributed by atoms with Gasteiger partial charge in [-0.1, -0.05) is 109 Å². The molecular weight excluding hydrogens is 577 g/mol. The molecule has 0 unspecified atom stereocenters. The minimum absolute atomic E-state index is 0.663. The van der Waals surface area contributed by atoms with Crippen molar-refractivity contribution >= 4 is 63.8 Å². The Kier molecular flexibility index (Phi) is 5.82. The Bertz CT molecular complexity index is 2440. The Hall–Kier alpha value is -5.30. The van der Waals surface area contributed by atoms with Gasteiger partial charge in [-0.3, -0.25) is 0 Å². The lowest BCUT2D eigenvalue weighted by Gasteiger charge is -2.09. The van der Waals surface area contributed by atoms with Crippen molar-refractivity contribution in [3.8, 4) is 44.7 Å². The van der Waals surface area contributed by atoms with Crippen LogP contribution in [0.25, 0.3) is 85.9 Å². The quantitative estimate of drug-likeness (QED) is 0.202. The zero-order valence-electron chi connectivity index (χ0n) is 23.3. The van der Waals surface area contributed by atoms with Crippen LogP contribution in [0.2, 0.25) is 0 Å². The second kappa shape index (κ2) is 10.2. The third kappa shape index (κ3) is 4.27. The van der Waals surface area contributed by atoms with Crippen LogP contribution in [0.4, 0.5) is 0 Å². The number of nitrogens with zero attached hydrogens (tertiary/aromatic N) is 4. The summed E-state index contributed by atoms with van der Waals surface area (Å²) in [6.45, 7) is 0. The number of hydrogen-bond acceptors (Lipinski definition) is 6. The van der Waals surface area contributed by atoms with E-state index in [1.165, 1.54) is 35.6 Å². The van der Waals surface area contributed by atoms with Gasteiger partial charge >= 0.3 is 0 Å². The fourth-order valence-electron chi connectivity index (χ4n) is 5.81. The number of hydrogen-bond donors (Lipinski definition) is 0. The first kappa shape index (κ1) is 25.2. The highest BCUT2D eigenvalue weighted by Crippen LogP contribution is 2.43. The molecule has 0 radical (unpaired) electrons. The summed E-state index contributed by atoms with van der Waals surface area (Å²) >= 11 is 3.53.